The third-order valence-corrected chi connectivity index (χ3v) is 3.18. The molecule has 12 heteroatoms. The van der Waals surface area contributed by atoms with Gasteiger partial charge in [0.25, 0.3) is 0 Å². The molecule has 26 heavy (non-hydrogen) atoms. The largest absolute Gasteiger partial charge is 0.480 e. The highest BCUT2D eigenvalue weighted by Gasteiger charge is 2.20. The summed E-state index contributed by atoms with van der Waals surface area (Å²) in [6.45, 7) is 2.19. The normalized spacial score (nSPS) is 18.8. The van der Waals surface area contributed by atoms with E-state index in [4.69, 9.17) is 37.6 Å². The number of aliphatic carboxylic acids is 3. The van der Waals surface area contributed by atoms with Crippen LogP contribution in [0, 0.1) is 0 Å². The zero-order valence-corrected chi connectivity index (χ0v) is 14.5. The van der Waals surface area contributed by atoms with Gasteiger partial charge in [0.2, 0.25) is 5.91 Å². The van der Waals surface area contributed by atoms with Crippen LogP contribution in [0.4, 0.5) is 0 Å². The average molecular weight is 380 g/mol. The van der Waals surface area contributed by atoms with Gasteiger partial charge < -0.3 is 42.9 Å². The number of primary amides is 1. The van der Waals surface area contributed by atoms with Crippen LogP contribution in [0.15, 0.2) is 0 Å². The first kappa shape index (κ1) is 26.0. The molecular weight excluding hydrogens is 352 g/mol. The third kappa shape index (κ3) is 14.1. The summed E-state index contributed by atoms with van der Waals surface area (Å²) in [5.74, 6) is -3.54. The third-order valence-electron chi connectivity index (χ3n) is 3.18. The lowest BCUT2D eigenvalue weighted by Crippen LogP contribution is -2.39. The van der Waals surface area contributed by atoms with Gasteiger partial charge in [-0.1, -0.05) is 0 Å². The van der Waals surface area contributed by atoms with E-state index >= 15 is 0 Å². The number of aliphatic hydroxyl groups is 1. The Morgan fingerprint density at radius 2 is 1.65 bits per heavy atom. The first-order chi connectivity index (χ1) is 11.9. The van der Waals surface area contributed by atoms with Crippen molar-refractivity contribution in [2.75, 3.05) is 6.54 Å². The summed E-state index contributed by atoms with van der Waals surface area (Å²) in [5, 5.41) is 36.0. The second-order valence-electron chi connectivity index (χ2n) is 5.54. The predicted octanol–water partition coefficient (Wildman–Crippen LogP) is -2.73. The minimum atomic E-state index is -1.18. The predicted molar refractivity (Wildman–Crippen MR) is 90.0 cm³/mol. The molecule has 11 N–H and O–H groups in total. The van der Waals surface area contributed by atoms with Gasteiger partial charge in [0.05, 0.1) is 6.10 Å². The van der Waals surface area contributed by atoms with Crippen molar-refractivity contribution < 1.29 is 39.6 Å². The van der Waals surface area contributed by atoms with E-state index in [-0.39, 0.29) is 18.9 Å². The average Bonchev–Trinajstić information content (AvgIpc) is 3.07. The van der Waals surface area contributed by atoms with E-state index in [0.717, 1.165) is 19.4 Å². The van der Waals surface area contributed by atoms with Crippen molar-refractivity contribution in [3.8, 4) is 0 Å². The van der Waals surface area contributed by atoms with Crippen LogP contribution < -0.4 is 22.5 Å². The van der Waals surface area contributed by atoms with Gasteiger partial charge in [0.1, 0.15) is 18.1 Å². The Hall–Kier alpha value is -2.28. The van der Waals surface area contributed by atoms with Crippen molar-refractivity contribution in [2.24, 2.45) is 17.2 Å². The number of aliphatic hydroxyl groups excluding tert-OH is 1. The first-order valence-corrected chi connectivity index (χ1v) is 7.79. The molecular formula is C14H28N4O8. The van der Waals surface area contributed by atoms with Crippen molar-refractivity contribution in [3.05, 3.63) is 0 Å². The molecule has 0 aromatic heterocycles. The van der Waals surface area contributed by atoms with Crippen LogP contribution in [0.2, 0.25) is 0 Å². The van der Waals surface area contributed by atoms with Gasteiger partial charge in [-0.25, -0.2) is 0 Å². The standard InChI is InChI=1S/C5H10N2O3.C5H9NO2.C4H9NO3/c6-3(5(9)10)1-2-4(7)8;7-5(8)4-2-1-3-6-4;1-2(6)3(5)4(7)8/h3H,1-2,6H2,(H2,7,8)(H,9,10);4,6H,1-3H2,(H,7,8);2-3,6H,5H2,1H3,(H,7,8)/t3-;4-;2-,3+/m001/s1. The number of nitrogens with one attached hydrogen (secondary N) is 1. The summed E-state index contributed by atoms with van der Waals surface area (Å²) < 4.78 is 0. The minimum absolute atomic E-state index is 0.0213. The molecule has 1 amide bonds. The topological polar surface area (TPSA) is 239 Å². The van der Waals surface area contributed by atoms with Gasteiger partial charge in [-0.3, -0.25) is 19.2 Å². The van der Waals surface area contributed by atoms with Crippen molar-refractivity contribution in [2.45, 2.75) is 56.8 Å². The van der Waals surface area contributed by atoms with Crippen molar-refractivity contribution in [1.82, 2.24) is 5.32 Å². The highest BCUT2D eigenvalue weighted by Crippen LogP contribution is 2.03. The quantitative estimate of drug-likeness (QED) is 0.225. The molecule has 0 aliphatic carbocycles. The lowest BCUT2D eigenvalue weighted by atomic mass is 10.2. The molecule has 0 unspecified atom stereocenters. The minimum Gasteiger partial charge on any atom is -0.480 e. The van der Waals surface area contributed by atoms with Crippen LogP contribution in [0.5, 0.6) is 0 Å². The summed E-state index contributed by atoms with van der Waals surface area (Å²) in [4.78, 5) is 40.1. The highest BCUT2D eigenvalue weighted by molar-refractivity contribution is 5.77. The molecule has 1 aliphatic heterocycles. The van der Waals surface area contributed by atoms with E-state index in [1.807, 2.05) is 0 Å². The van der Waals surface area contributed by atoms with Crippen LogP contribution in [-0.4, -0.2) is 75.0 Å². The summed E-state index contributed by atoms with van der Waals surface area (Å²) in [6, 6.07) is -2.41. The van der Waals surface area contributed by atoms with Crippen LogP contribution >= 0.6 is 0 Å². The molecule has 0 spiro atoms. The number of hydrogen-bond acceptors (Lipinski definition) is 8. The molecule has 12 nitrogen and oxygen atoms in total. The fraction of sp³-hybridized carbons (Fsp3) is 0.714. The van der Waals surface area contributed by atoms with E-state index in [0.29, 0.717) is 0 Å². The second-order valence-corrected chi connectivity index (χ2v) is 5.54. The van der Waals surface area contributed by atoms with Gasteiger partial charge in [-0.2, -0.15) is 0 Å². The Morgan fingerprint density at radius 1 is 1.12 bits per heavy atom. The van der Waals surface area contributed by atoms with E-state index < -0.39 is 42.0 Å². The molecule has 1 rings (SSSR count). The Kier molecular flexibility index (Phi) is 13.9. The van der Waals surface area contributed by atoms with Gasteiger partial charge in [0, 0.05) is 6.42 Å². The fourth-order valence-electron chi connectivity index (χ4n) is 1.52. The van der Waals surface area contributed by atoms with Crippen LogP contribution in [-0.2, 0) is 19.2 Å². The van der Waals surface area contributed by atoms with Crippen LogP contribution in [0.3, 0.4) is 0 Å². The second kappa shape index (κ2) is 13.9. The lowest BCUT2D eigenvalue weighted by Gasteiger charge is -2.06. The Morgan fingerprint density at radius 3 is 1.85 bits per heavy atom. The smallest absolute Gasteiger partial charge is 0.323 e. The number of carbonyl (C=O) groups is 4. The molecule has 1 heterocycles. The molecule has 1 fully saturated rings. The maximum Gasteiger partial charge on any atom is 0.323 e. The van der Waals surface area contributed by atoms with Crippen molar-refractivity contribution >= 4 is 23.8 Å². The fourth-order valence-corrected chi connectivity index (χ4v) is 1.52. The molecule has 1 saturated heterocycles. The SMILES string of the molecule is C[C@@H](O)[C@H](N)C(=O)O.NC(=O)CC[C@H](N)C(=O)O.O=C(O)[C@@H]1CCCN1. The first-order valence-electron chi connectivity index (χ1n) is 7.79. The number of rotatable bonds is 7. The number of hydrogen-bond donors (Lipinski definition) is 8. The number of nitrogens with two attached hydrogens (primary N) is 3. The molecule has 1 aliphatic rings. The number of carbonyl (C=O) groups excluding carboxylic acids is 1. The molecule has 0 aromatic carbocycles. The maximum absolute atomic E-state index is 10.1. The van der Waals surface area contributed by atoms with Gasteiger partial charge in [-0.15, -0.1) is 0 Å². The Balaban J connectivity index is 0. The number of carboxylic acids is 3. The van der Waals surface area contributed by atoms with Crippen molar-refractivity contribution in [3.63, 3.8) is 0 Å². The van der Waals surface area contributed by atoms with Gasteiger partial charge >= 0.3 is 17.9 Å². The lowest BCUT2D eigenvalue weighted by molar-refractivity contribution is -0.141. The molecule has 0 saturated carbocycles. The monoisotopic (exact) mass is 380 g/mol. The molecule has 4 atom stereocenters. The van der Waals surface area contributed by atoms with Crippen LogP contribution in [0.25, 0.3) is 0 Å². The molecule has 0 bridgehead atoms. The zero-order chi connectivity index (χ0) is 20.9. The summed E-state index contributed by atoms with van der Waals surface area (Å²) in [6.07, 6.45) is 0.928. The maximum atomic E-state index is 10.1. The van der Waals surface area contributed by atoms with Gasteiger partial charge in [-0.05, 0) is 32.7 Å². The molecule has 152 valence electrons. The molecule has 0 radical (unpaired) electrons. The summed E-state index contributed by atoms with van der Waals surface area (Å²) >= 11 is 0. The number of carboxylic acid groups (broad SMARTS) is 3. The molecule has 0 aromatic rings. The Labute approximate surface area is 150 Å². The van der Waals surface area contributed by atoms with Crippen LogP contribution in [0.1, 0.15) is 32.6 Å². The van der Waals surface area contributed by atoms with Gasteiger partial charge in [0.15, 0.2) is 0 Å². The van der Waals surface area contributed by atoms with E-state index in [1.54, 1.807) is 0 Å². The van der Waals surface area contributed by atoms with Crippen molar-refractivity contribution in [1.29, 1.82) is 0 Å². The summed E-state index contributed by atoms with van der Waals surface area (Å²) in [7, 11) is 0. The summed E-state index contributed by atoms with van der Waals surface area (Å²) in [5.41, 5.74) is 14.7. The zero-order valence-electron chi connectivity index (χ0n) is 14.5. The van der Waals surface area contributed by atoms with E-state index in [1.165, 1.54) is 6.92 Å². The highest BCUT2D eigenvalue weighted by atomic mass is 16.4. The van der Waals surface area contributed by atoms with E-state index in [9.17, 15) is 19.2 Å². The Bertz CT molecular complexity index is 454. The van der Waals surface area contributed by atoms with E-state index in [2.05, 4.69) is 5.32 Å². The number of amides is 1.